The van der Waals surface area contributed by atoms with Crippen LogP contribution in [0.4, 0.5) is 10.1 Å². The molecule has 0 aromatic heterocycles. The number of ether oxygens (including phenoxy) is 1. The number of amides is 1. The van der Waals surface area contributed by atoms with Crippen LogP contribution in [0.3, 0.4) is 0 Å². The minimum absolute atomic E-state index is 0.00471. The number of rotatable bonds is 7. The first-order valence-electron chi connectivity index (χ1n) is 9.58. The van der Waals surface area contributed by atoms with Gasteiger partial charge in [-0.15, -0.1) is 0 Å². The van der Waals surface area contributed by atoms with Gasteiger partial charge in [0.2, 0.25) is 5.91 Å². The summed E-state index contributed by atoms with van der Waals surface area (Å²) in [5.74, 6) is 0.195. The highest BCUT2D eigenvalue weighted by atomic mass is 19.1. The molecule has 150 valence electrons. The molecule has 28 heavy (non-hydrogen) atoms. The Morgan fingerprint density at radius 2 is 2.00 bits per heavy atom. The summed E-state index contributed by atoms with van der Waals surface area (Å²) < 4.78 is 19.4. The third kappa shape index (κ3) is 5.23. The largest absolute Gasteiger partial charge is 0.489 e. The lowest BCUT2D eigenvalue weighted by atomic mass is 10.1. The van der Waals surface area contributed by atoms with Crippen molar-refractivity contribution in [2.45, 2.75) is 25.9 Å². The lowest BCUT2D eigenvalue weighted by molar-refractivity contribution is -0.121. The summed E-state index contributed by atoms with van der Waals surface area (Å²) in [6.07, 6.45) is 0.329. The fourth-order valence-corrected chi connectivity index (χ4v) is 3.29. The fraction of sp³-hybridized carbons (Fsp3) is 0.409. The SMILES string of the molecule is Cc1ccc(CN2c3ccc(F)cc3OCC2CC(=O)NCCN(C)C)cc1. The number of carbonyl (C=O) groups excluding carboxylic acids is 1. The topological polar surface area (TPSA) is 44.8 Å². The summed E-state index contributed by atoms with van der Waals surface area (Å²) in [5, 5.41) is 2.96. The average molecular weight is 385 g/mol. The Hall–Kier alpha value is -2.60. The second kappa shape index (κ2) is 9.06. The van der Waals surface area contributed by atoms with E-state index in [0.29, 0.717) is 31.9 Å². The highest BCUT2D eigenvalue weighted by Crippen LogP contribution is 2.36. The summed E-state index contributed by atoms with van der Waals surface area (Å²) in [6, 6.07) is 12.8. The molecular weight excluding hydrogens is 357 g/mol. The Kier molecular flexibility index (Phi) is 6.52. The van der Waals surface area contributed by atoms with Crippen LogP contribution in [-0.4, -0.2) is 50.6 Å². The Morgan fingerprint density at radius 3 is 2.71 bits per heavy atom. The number of hydrogen-bond donors (Lipinski definition) is 1. The second-order valence-electron chi connectivity index (χ2n) is 7.55. The van der Waals surface area contributed by atoms with Crippen LogP contribution in [0.5, 0.6) is 5.75 Å². The van der Waals surface area contributed by atoms with Crippen molar-refractivity contribution >= 4 is 11.6 Å². The monoisotopic (exact) mass is 385 g/mol. The van der Waals surface area contributed by atoms with E-state index >= 15 is 0 Å². The minimum Gasteiger partial charge on any atom is -0.489 e. The third-order valence-corrected chi connectivity index (χ3v) is 4.88. The van der Waals surface area contributed by atoms with Gasteiger partial charge < -0.3 is 19.9 Å². The Balaban J connectivity index is 1.76. The van der Waals surface area contributed by atoms with E-state index < -0.39 is 0 Å². The predicted molar refractivity (Wildman–Crippen MR) is 109 cm³/mol. The number of anilines is 1. The minimum atomic E-state index is -0.325. The zero-order valence-corrected chi connectivity index (χ0v) is 16.7. The van der Waals surface area contributed by atoms with Gasteiger partial charge in [-0.05, 0) is 38.7 Å². The van der Waals surface area contributed by atoms with E-state index in [1.54, 1.807) is 6.07 Å². The van der Waals surface area contributed by atoms with Gasteiger partial charge in [0, 0.05) is 25.7 Å². The number of benzene rings is 2. The van der Waals surface area contributed by atoms with Gasteiger partial charge in [-0.25, -0.2) is 4.39 Å². The number of nitrogens with one attached hydrogen (secondary N) is 1. The Labute approximate surface area is 166 Å². The first-order valence-corrected chi connectivity index (χ1v) is 9.58. The van der Waals surface area contributed by atoms with E-state index in [0.717, 1.165) is 17.8 Å². The molecule has 6 heteroatoms. The smallest absolute Gasteiger partial charge is 0.222 e. The highest BCUT2D eigenvalue weighted by molar-refractivity contribution is 5.77. The number of aryl methyl sites for hydroxylation is 1. The molecule has 5 nitrogen and oxygen atoms in total. The van der Waals surface area contributed by atoms with Gasteiger partial charge in [-0.2, -0.15) is 0 Å². The van der Waals surface area contributed by atoms with Gasteiger partial charge in [-0.1, -0.05) is 29.8 Å². The van der Waals surface area contributed by atoms with Crippen LogP contribution in [0, 0.1) is 12.7 Å². The van der Waals surface area contributed by atoms with Gasteiger partial charge in [0.1, 0.15) is 18.2 Å². The first kappa shape index (κ1) is 20.1. The quantitative estimate of drug-likeness (QED) is 0.796. The highest BCUT2D eigenvalue weighted by Gasteiger charge is 2.29. The normalized spacial score (nSPS) is 15.9. The van der Waals surface area contributed by atoms with E-state index in [-0.39, 0.29) is 17.8 Å². The first-order chi connectivity index (χ1) is 13.4. The maximum absolute atomic E-state index is 13.6. The summed E-state index contributed by atoms with van der Waals surface area (Å²) in [4.78, 5) is 16.6. The molecule has 1 amide bonds. The van der Waals surface area contributed by atoms with Crippen molar-refractivity contribution in [1.29, 1.82) is 0 Å². The molecule has 1 atom stereocenters. The summed E-state index contributed by atoms with van der Waals surface area (Å²) in [6.45, 7) is 4.44. The molecule has 0 aliphatic carbocycles. The van der Waals surface area contributed by atoms with Crippen molar-refractivity contribution in [3.8, 4) is 5.75 Å². The van der Waals surface area contributed by atoms with Crippen molar-refractivity contribution in [3.63, 3.8) is 0 Å². The molecule has 1 heterocycles. The van der Waals surface area contributed by atoms with Crippen molar-refractivity contribution in [1.82, 2.24) is 10.2 Å². The predicted octanol–water partition coefficient (Wildman–Crippen LogP) is 2.97. The van der Waals surface area contributed by atoms with Crippen LogP contribution in [0.25, 0.3) is 0 Å². The zero-order valence-electron chi connectivity index (χ0n) is 16.7. The van der Waals surface area contributed by atoms with Gasteiger partial charge in [-0.3, -0.25) is 4.79 Å². The Bertz CT molecular complexity index is 808. The number of fused-ring (bicyclic) bond motifs is 1. The van der Waals surface area contributed by atoms with Crippen LogP contribution in [-0.2, 0) is 11.3 Å². The van der Waals surface area contributed by atoms with Gasteiger partial charge >= 0.3 is 0 Å². The zero-order chi connectivity index (χ0) is 20.1. The summed E-state index contributed by atoms with van der Waals surface area (Å²) in [5.41, 5.74) is 3.16. The van der Waals surface area contributed by atoms with E-state index in [1.807, 2.05) is 19.0 Å². The lowest BCUT2D eigenvalue weighted by Gasteiger charge is -2.38. The van der Waals surface area contributed by atoms with Crippen LogP contribution in [0.15, 0.2) is 42.5 Å². The van der Waals surface area contributed by atoms with Gasteiger partial charge in [0.05, 0.1) is 18.2 Å². The molecule has 1 aliphatic rings. The number of halogens is 1. The number of carbonyl (C=O) groups is 1. The summed E-state index contributed by atoms with van der Waals surface area (Å²) >= 11 is 0. The van der Waals surface area contributed by atoms with Crippen molar-refractivity contribution < 1.29 is 13.9 Å². The standard InChI is InChI=1S/C22H28FN3O2/c1-16-4-6-17(7-5-16)14-26-19(13-22(27)24-10-11-25(2)3)15-28-21-12-18(23)8-9-20(21)26/h4-9,12,19H,10-11,13-15H2,1-3H3,(H,24,27). The van der Waals surface area contributed by atoms with Crippen LogP contribution in [0.2, 0.25) is 0 Å². The Morgan fingerprint density at radius 1 is 1.25 bits per heavy atom. The molecule has 3 rings (SSSR count). The molecular formula is C22H28FN3O2. The van der Waals surface area contributed by atoms with E-state index in [9.17, 15) is 9.18 Å². The molecule has 0 fully saturated rings. The fourth-order valence-electron chi connectivity index (χ4n) is 3.29. The molecule has 0 bridgehead atoms. The maximum Gasteiger partial charge on any atom is 0.222 e. The number of likely N-dealkylation sites (N-methyl/N-ethyl adjacent to an activating group) is 1. The second-order valence-corrected chi connectivity index (χ2v) is 7.55. The van der Waals surface area contributed by atoms with Gasteiger partial charge in [0.15, 0.2) is 0 Å². The molecule has 0 saturated carbocycles. The molecule has 1 aliphatic heterocycles. The van der Waals surface area contributed by atoms with Crippen LogP contribution < -0.4 is 15.0 Å². The van der Waals surface area contributed by atoms with Crippen LogP contribution >= 0.6 is 0 Å². The van der Waals surface area contributed by atoms with Crippen molar-refractivity contribution in [3.05, 3.63) is 59.4 Å². The molecule has 0 spiro atoms. The van der Waals surface area contributed by atoms with Gasteiger partial charge in [0.25, 0.3) is 0 Å². The molecule has 2 aromatic rings. The van der Waals surface area contributed by atoms with Crippen molar-refractivity contribution in [2.75, 3.05) is 38.7 Å². The number of nitrogens with zero attached hydrogens (tertiary/aromatic N) is 2. The molecule has 0 radical (unpaired) electrons. The van der Waals surface area contributed by atoms with Crippen molar-refractivity contribution in [2.24, 2.45) is 0 Å². The molecule has 0 saturated heterocycles. The molecule has 1 unspecified atom stereocenters. The van der Waals surface area contributed by atoms with Crippen LogP contribution in [0.1, 0.15) is 17.5 Å². The molecule has 1 N–H and O–H groups in total. The third-order valence-electron chi connectivity index (χ3n) is 4.88. The maximum atomic E-state index is 13.6. The van der Waals surface area contributed by atoms with E-state index in [1.165, 1.54) is 17.7 Å². The van der Waals surface area contributed by atoms with E-state index in [4.69, 9.17) is 4.74 Å². The average Bonchev–Trinajstić information content (AvgIpc) is 2.65. The molecule has 2 aromatic carbocycles. The number of hydrogen-bond acceptors (Lipinski definition) is 4. The lowest BCUT2D eigenvalue weighted by Crippen LogP contribution is -2.46. The van der Waals surface area contributed by atoms with E-state index in [2.05, 4.69) is 41.4 Å². The summed E-state index contributed by atoms with van der Waals surface area (Å²) in [7, 11) is 3.95.